The Labute approximate surface area is 117 Å². The smallest absolute Gasteiger partial charge is 0.117 e. The lowest BCUT2D eigenvalue weighted by Gasteiger charge is -2.30. The fraction of sp³-hybridized carbons (Fsp3) is 0.750. The van der Waals surface area contributed by atoms with Crippen LogP contribution >= 0.6 is 0 Å². The molecule has 1 N–H and O–H groups in total. The van der Waals surface area contributed by atoms with E-state index in [2.05, 4.69) is 30.3 Å². The molecule has 1 saturated carbocycles. The van der Waals surface area contributed by atoms with Crippen LogP contribution in [0.5, 0.6) is 0 Å². The predicted molar refractivity (Wildman–Crippen MR) is 79.1 cm³/mol. The summed E-state index contributed by atoms with van der Waals surface area (Å²) in [6, 6.07) is 4.74. The van der Waals surface area contributed by atoms with Gasteiger partial charge >= 0.3 is 0 Å². The number of furan rings is 1. The molecule has 1 aromatic heterocycles. The molecular weight excluding hydrogens is 236 g/mol. The number of hydrogen-bond donors (Lipinski definition) is 1. The van der Waals surface area contributed by atoms with E-state index in [9.17, 15) is 0 Å². The van der Waals surface area contributed by atoms with E-state index in [4.69, 9.17) is 4.42 Å². The summed E-state index contributed by atoms with van der Waals surface area (Å²) in [4.78, 5) is 2.51. The van der Waals surface area contributed by atoms with E-state index >= 15 is 0 Å². The molecular formula is C16H28N2O. The van der Waals surface area contributed by atoms with Gasteiger partial charge in [-0.25, -0.2) is 0 Å². The van der Waals surface area contributed by atoms with Crippen LogP contribution in [-0.4, -0.2) is 31.1 Å². The van der Waals surface area contributed by atoms with Gasteiger partial charge in [-0.2, -0.15) is 0 Å². The van der Waals surface area contributed by atoms with Crippen molar-refractivity contribution in [3.63, 3.8) is 0 Å². The molecule has 0 aliphatic heterocycles. The first-order valence-electron chi connectivity index (χ1n) is 7.75. The minimum Gasteiger partial charge on any atom is -0.468 e. The molecule has 0 spiro atoms. The summed E-state index contributed by atoms with van der Waals surface area (Å²) in [7, 11) is 2.12. The molecule has 3 nitrogen and oxygen atoms in total. The molecule has 0 amide bonds. The van der Waals surface area contributed by atoms with Crippen LogP contribution < -0.4 is 5.32 Å². The van der Waals surface area contributed by atoms with E-state index in [-0.39, 0.29) is 0 Å². The summed E-state index contributed by atoms with van der Waals surface area (Å²) in [5, 5.41) is 3.53. The maximum absolute atomic E-state index is 5.48. The second kappa shape index (κ2) is 7.71. The quantitative estimate of drug-likeness (QED) is 0.799. The highest BCUT2D eigenvalue weighted by Gasteiger charge is 2.24. The van der Waals surface area contributed by atoms with Gasteiger partial charge in [-0.3, -0.25) is 4.90 Å². The highest BCUT2D eigenvalue weighted by molar-refractivity contribution is 4.98. The molecule has 1 aliphatic rings. The van der Waals surface area contributed by atoms with E-state index in [0.29, 0.717) is 6.04 Å². The van der Waals surface area contributed by atoms with E-state index in [1.54, 1.807) is 6.26 Å². The minimum absolute atomic E-state index is 0.688. The first-order chi connectivity index (χ1) is 9.33. The molecule has 1 aromatic rings. The van der Waals surface area contributed by atoms with Crippen molar-refractivity contribution < 1.29 is 4.42 Å². The zero-order valence-electron chi connectivity index (χ0n) is 12.4. The Hall–Kier alpha value is -0.800. The van der Waals surface area contributed by atoms with Gasteiger partial charge in [0.2, 0.25) is 0 Å². The predicted octanol–water partition coefficient (Wildman–Crippen LogP) is 3.27. The molecule has 3 heteroatoms. The number of hydrogen-bond acceptors (Lipinski definition) is 3. The summed E-state index contributed by atoms with van der Waals surface area (Å²) in [5.74, 6) is 1.86. The summed E-state index contributed by atoms with van der Waals surface area (Å²) in [6.45, 7) is 5.46. The van der Waals surface area contributed by atoms with E-state index in [0.717, 1.165) is 24.8 Å². The van der Waals surface area contributed by atoms with Crippen molar-refractivity contribution in [1.82, 2.24) is 10.2 Å². The van der Waals surface area contributed by atoms with Crippen molar-refractivity contribution in [3.8, 4) is 0 Å². The summed E-state index contributed by atoms with van der Waals surface area (Å²) < 4.78 is 5.48. The standard InChI is InChI=1S/C16H28N2O/c1-3-18(13-15-9-7-11-19-15)12-14-8-5-4-6-10-16(14)17-2/h7,9,11,14,16-17H,3-6,8,10,12-13H2,1-2H3. The molecule has 1 heterocycles. The first-order valence-corrected chi connectivity index (χ1v) is 7.75. The normalized spacial score (nSPS) is 24.6. The lowest BCUT2D eigenvalue weighted by molar-refractivity contribution is 0.187. The molecule has 0 saturated heterocycles. The van der Waals surface area contributed by atoms with Gasteiger partial charge in [-0.15, -0.1) is 0 Å². The first kappa shape index (κ1) is 14.6. The van der Waals surface area contributed by atoms with Crippen molar-refractivity contribution in [2.45, 2.75) is 51.6 Å². The Bertz CT molecular complexity index is 337. The van der Waals surface area contributed by atoms with Gasteiger partial charge in [-0.05, 0) is 44.5 Å². The Balaban J connectivity index is 1.91. The van der Waals surface area contributed by atoms with E-state index in [1.165, 1.54) is 38.6 Å². The van der Waals surface area contributed by atoms with Crippen LogP contribution in [0, 0.1) is 5.92 Å². The van der Waals surface area contributed by atoms with Gasteiger partial charge in [0.05, 0.1) is 12.8 Å². The maximum atomic E-state index is 5.48. The molecule has 1 aliphatic carbocycles. The summed E-state index contributed by atoms with van der Waals surface area (Å²) >= 11 is 0. The second-order valence-corrected chi connectivity index (χ2v) is 5.70. The third-order valence-electron chi connectivity index (χ3n) is 4.43. The zero-order chi connectivity index (χ0) is 13.5. The minimum atomic E-state index is 0.688. The highest BCUT2D eigenvalue weighted by atomic mass is 16.3. The van der Waals surface area contributed by atoms with E-state index in [1.807, 2.05) is 6.07 Å². The van der Waals surface area contributed by atoms with Gasteiger partial charge < -0.3 is 9.73 Å². The Kier molecular flexibility index (Phi) is 5.93. The van der Waals surface area contributed by atoms with Crippen LogP contribution in [0.1, 0.15) is 44.8 Å². The average molecular weight is 264 g/mol. The van der Waals surface area contributed by atoms with Crippen molar-refractivity contribution in [2.75, 3.05) is 20.1 Å². The average Bonchev–Trinajstić information content (AvgIpc) is 2.83. The van der Waals surface area contributed by atoms with Crippen LogP contribution in [0.4, 0.5) is 0 Å². The van der Waals surface area contributed by atoms with Crippen LogP contribution in [0.15, 0.2) is 22.8 Å². The number of nitrogens with one attached hydrogen (secondary N) is 1. The number of nitrogens with zero attached hydrogens (tertiary/aromatic N) is 1. The topological polar surface area (TPSA) is 28.4 Å². The zero-order valence-corrected chi connectivity index (χ0v) is 12.4. The molecule has 2 unspecified atom stereocenters. The third-order valence-corrected chi connectivity index (χ3v) is 4.43. The Morgan fingerprint density at radius 1 is 1.32 bits per heavy atom. The largest absolute Gasteiger partial charge is 0.468 e. The lowest BCUT2D eigenvalue weighted by atomic mass is 9.94. The van der Waals surface area contributed by atoms with Gasteiger partial charge in [0, 0.05) is 12.6 Å². The molecule has 108 valence electrons. The van der Waals surface area contributed by atoms with Gasteiger partial charge in [0.25, 0.3) is 0 Å². The SMILES string of the molecule is CCN(Cc1ccco1)CC1CCCCCC1NC. The van der Waals surface area contributed by atoms with Crippen molar-refractivity contribution in [3.05, 3.63) is 24.2 Å². The van der Waals surface area contributed by atoms with Crippen LogP contribution in [0.3, 0.4) is 0 Å². The Morgan fingerprint density at radius 2 is 2.16 bits per heavy atom. The molecule has 2 atom stereocenters. The van der Waals surface area contributed by atoms with Crippen molar-refractivity contribution in [2.24, 2.45) is 5.92 Å². The maximum Gasteiger partial charge on any atom is 0.117 e. The van der Waals surface area contributed by atoms with Crippen molar-refractivity contribution in [1.29, 1.82) is 0 Å². The molecule has 0 radical (unpaired) electrons. The molecule has 0 bridgehead atoms. The summed E-state index contributed by atoms with van der Waals surface area (Å²) in [6.07, 6.45) is 8.64. The summed E-state index contributed by atoms with van der Waals surface area (Å²) in [5.41, 5.74) is 0. The van der Waals surface area contributed by atoms with Crippen molar-refractivity contribution >= 4 is 0 Å². The second-order valence-electron chi connectivity index (χ2n) is 5.70. The molecule has 2 rings (SSSR count). The number of rotatable bonds is 6. The van der Waals surface area contributed by atoms with Gasteiger partial charge in [0.15, 0.2) is 0 Å². The third kappa shape index (κ3) is 4.36. The molecule has 0 aromatic carbocycles. The monoisotopic (exact) mass is 264 g/mol. The highest BCUT2D eigenvalue weighted by Crippen LogP contribution is 2.24. The van der Waals surface area contributed by atoms with Crippen LogP contribution in [0.25, 0.3) is 0 Å². The van der Waals surface area contributed by atoms with Crippen LogP contribution in [-0.2, 0) is 6.54 Å². The molecule has 19 heavy (non-hydrogen) atoms. The fourth-order valence-corrected chi connectivity index (χ4v) is 3.24. The van der Waals surface area contributed by atoms with Crippen LogP contribution in [0.2, 0.25) is 0 Å². The fourth-order valence-electron chi connectivity index (χ4n) is 3.24. The lowest BCUT2D eigenvalue weighted by Crippen LogP contribution is -2.40. The van der Waals surface area contributed by atoms with Gasteiger partial charge in [0.1, 0.15) is 5.76 Å². The van der Waals surface area contributed by atoms with E-state index < -0.39 is 0 Å². The Morgan fingerprint density at radius 3 is 2.84 bits per heavy atom. The van der Waals surface area contributed by atoms with Gasteiger partial charge in [-0.1, -0.05) is 26.2 Å². The molecule has 1 fully saturated rings.